The standard InChI is InChI=1S/C27H31FN6O3/c1-18-16-32(9-8-29-18)17-25(35)33-10-12-34(13-11-33)27(37)22-14-19(6-7-23(22)28)15-24-20-4-2-3-5-21(20)26(36)31-30-24/h2-7,14,18,29H,8-13,15-17H2,1H3,(H,31,36)/t18-/m1/s1. The van der Waals surface area contributed by atoms with Gasteiger partial charge in [-0.3, -0.25) is 19.3 Å². The van der Waals surface area contributed by atoms with Crippen molar-refractivity contribution in [2.24, 2.45) is 0 Å². The Morgan fingerprint density at radius 3 is 2.51 bits per heavy atom. The van der Waals surface area contributed by atoms with Gasteiger partial charge in [-0.2, -0.15) is 5.10 Å². The van der Waals surface area contributed by atoms with E-state index in [2.05, 4.69) is 27.3 Å². The minimum atomic E-state index is -0.584. The molecule has 3 heterocycles. The van der Waals surface area contributed by atoms with E-state index in [-0.39, 0.29) is 22.9 Å². The second kappa shape index (κ2) is 10.8. The molecule has 2 fully saturated rings. The van der Waals surface area contributed by atoms with Crippen LogP contribution in [0.2, 0.25) is 0 Å². The molecule has 2 N–H and O–H groups in total. The lowest BCUT2D eigenvalue weighted by molar-refractivity contribution is -0.134. The molecule has 10 heteroatoms. The fraction of sp³-hybridized carbons (Fsp3) is 0.407. The molecule has 0 unspecified atom stereocenters. The second-order valence-electron chi connectivity index (χ2n) is 9.80. The van der Waals surface area contributed by atoms with E-state index in [1.54, 1.807) is 34.1 Å². The number of nitrogens with one attached hydrogen (secondary N) is 2. The monoisotopic (exact) mass is 506 g/mol. The Labute approximate surface area is 214 Å². The van der Waals surface area contributed by atoms with Crippen LogP contribution in [0.4, 0.5) is 4.39 Å². The summed E-state index contributed by atoms with van der Waals surface area (Å²) in [5.41, 5.74) is 1.09. The number of fused-ring (bicyclic) bond motifs is 1. The first-order valence-corrected chi connectivity index (χ1v) is 12.7. The van der Waals surface area contributed by atoms with Crippen LogP contribution in [-0.2, 0) is 11.2 Å². The van der Waals surface area contributed by atoms with Crippen molar-refractivity contribution in [3.63, 3.8) is 0 Å². The van der Waals surface area contributed by atoms with Crippen molar-refractivity contribution in [2.45, 2.75) is 19.4 Å². The molecule has 1 atom stereocenters. The fourth-order valence-corrected chi connectivity index (χ4v) is 5.12. The molecule has 0 spiro atoms. The maximum atomic E-state index is 14.7. The molecule has 0 radical (unpaired) electrons. The number of aromatic nitrogens is 2. The van der Waals surface area contributed by atoms with Crippen molar-refractivity contribution in [1.29, 1.82) is 0 Å². The second-order valence-corrected chi connectivity index (χ2v) is 9.80. The first kappa shape index (κ1) is 25.0. The SMILES string of the molecule is C[C@@H]1CN(CC(=O)N2CCN(C(=O)c3cc(Cc4n[nH]c(=O)c5ccccc45)ccc3F)CC2)CCN1. The lowest BCUT2D eigenvalue weighted by Crippen LogP contribution is -2.55. The van der Waals surface area contributed by atoms with Gasteiger partial charge < -0.3 is 15.1 Å². The van der Waals surface area contributed by atoms with Crippen LogP contribution in [0.3, 0.4) is 0 Å². The van der Waals surface area contributed by atoms with E-state index >= 15 is 0 Å². The zero-order valence-corrected chi connectivity index (χ0v) is 20.9. The fourth-order valence-electron chi connectivity index (χ4n) is 5.12. The first-order chi connectivity index (χ1) is 17.9. The van der Waals surface area contributed by atoms with Crippen molar-refractivity contribution < 1.29 is 14.0 Å². The number of H-pyrrole nitrogens is 1. The van der Waals surface area contributed by atoms with Crippen LogP contribution in [-0.4, -0.2) is 95.1 Å². The largest absolute Gasteiger partial charge is 0.338 e. The third kappa shape index (κ3) is 5.55. The first-order valence-electron chi connectivity index (χ1n) is 12.7. The summed E-state index contributed by atoms with van der Waals surface area (Å²) in [7, 11) is 0. The molecule has 0 bridgehead atoms. The Bertz CT molecular complexity index is 1370. The third-order valence-corrected chi connectivity index (χ3v) is 7.14. The van der Waals surface area contributed by atoms with Crippen LogP contribution in [0.5, 0.6) is 0 Å². The molecule has 9 nitrogen and oxygen atoms in total. The summed E-state index contributed by atoms with van der Waals surface area (Å²) in [5.74, 6) is -0.906. The Kier molecular flexibility index (Phi) is 7.29. The molecular formula is C27H31FN6O3. The molecule has 1 aromatic heterocycles. The summed E-state index contributed by atoms with van der Waals surface area (Å²) >= 11 is 0. The summed E-state index contributed by atoms with van der Waals surface area (Å²) in [6, 6.07) is 12.0. The number of hydrogen-bond acceptors (Lipinski definition) is 6. The van der Waals surface area contributed by atoms with Crippen LogP contribution in [0.25, 0.3) is 10.8 Å². The summed E-state index contributed by atoms with van der Waals surface area (Å²) in [6.45, 7) is 6.62. The normalized spacial score (nSPS) is 18.8. The molecule has 5 rings (SSSR count). The predicted octanol–water partition coefficient (Wildman–Crippen LogP) is 1.23. The molecule has 3 aromatic rings. The number of piperazine rings is 2. The van der Waals surface area contributed by atoms with Gasteiger partial charge in [0.05, 0.1) is 23.2 Å². The number of nitrogens with zero attached hydrogens (tertiary/aromatic N) is 4. The van der Waals surface area contributed by atoms with Crippen molar-refractivity contribution in [3.05, 3.63) is 75.5 Å². The van der Waals surface area contributed by atoms with Crippen LogP contribution < -0.4 is 10.9 Å². The van der Waals surface area contributed by atoms with E-state index < -0.39 is 5.82 Å². The summed E-state index contributed by atoms with van der Waals surface area (Å²) in [5, 5.41) is 11.3. The number of carbonyl (C=O) groups excluding carboxylic acids is 2. The smallest absolute Gasteiger partial charge is 0.272 e. The lowest BCUT2D eigenvalue weighted by Gasteiger charge is -2.37. The maximum absolute atomic E-state index is 14.7. The summed E-state index contributed by atoms with van der Waals surface area (Å²) in [4.78, 5) is 43.6. The number of rotatable bonds is 5. The van der Waals surface area contributed by atoms with Gasteiger partial charge in [-0.15, -0.1) is 0 Å². The highest BCUT2D eigenvalue weighted by Gasteiger charge is 2.28. The molecule has 194 valence electrons. The highest BCUT2D eigenvalue weighted by molar-refractivity contribution is 5.95. The number of benzene rings is 2. The maximum Gasteiger partial charge on any atom is 0.272 e. The Morgan fingerprint density at radius 1 is 1.03 bits per heavy atom. The molecule has 2 aliphatic heterocycles. The number of amides is 2. The van der Waals surface area contributed by atoms with E-state index in [9.17, 15) is 18.8 Å². The van der Waals surface area contributed by atoms with Crippen LogP contribution >= 0.6 is 0 Å². The average Bonchev–Trinajstić information content (AvgIpc) is 2.91. The van der Waals surface area contributed by atoms with Gasteiger partial charge in [0.25, 0.3) is 11.5 Å². The molecular weight excluding hydrogens is 475 g/mol. The highest BCUT2D eigenvalue weighted by atomic mass is 19.1. The van der Waals surface area contributed by atoms with Crippen LogP contribution in [0.1, 0.15) is 28.5 Å². The van der Waals surface area contributed by atoms with Gasteiger partial charge in [-0.05, 0) is 30.7 Å². The molecule has 37 heavy (non-hydrogen) atoms. The van der Waals surface area contributed by atoms with Gasteiger partial charge in [0.1, 0.15) is 5.82 Å². The molecule has 0 saturated carbocycles. The van der Waals surface area contributed by atoms with E-state index in [0.717, 1.165) is 25.0 Å². The van der Waals surface area contributed by atoms with Gasteiger partial charge in [0, 0.05) is 63.7 Å². The van der Waals surface area contributed by atoms with Gasteiger partial charge in [-0.1, -0.05) is 24.3 Å². The van der Waals surface area contributed by atoms with E-state index in [0.29, 0.717) is 61.8 Å². The minimum absolute atomic E-state index is 0.000751. The predicted molar refractivity (Wildman–Crippen MR) is 138 cm³/mol. The highest BCUT2D eigenvalue weighted by Crippen LogP contribution is 2.20. The quantitative estimate of drug-likeness (QED) is 0.540. The van der Waals surface area contributed by atoms with Gasteiger partial charge in [0.15, 0.2) is 0 Å². The zero-order valence-electron chi connectivity index (χ0n) is 20.9. The number of aromatic amines is 1. The van der Waals surface area contributed by atoms with Gasteiger partial charge in [-0.25, -0.2) is 9.49 Å². The van der Waals surface area contributed by atoms with Crippen molar-refractivity contribution in [1.82, 2.24) is 30.2 Å². The molecule has 2 saturated heterocycles. The summed E-state index contributed by atoms with van der Waals surface area (Å²) < 4.78 is 14.7. The number of carbonyl (C=O) groups is 2. The lowest BCUT2D eigenvalue weighted by atomic mass is 10.0. The summed E-state index contributed by atoms with van der Waals surface area (Å²) in [6.07, 6.45) is 0.338. The van der Waals surface area contributed by atoms with E-state index in [1.165, 1.54) is 6.07 Å². The van der Waals surface area contributed by atoms with E-state index in [4.69, 9.17) is 0 Å². The average molecular weight is 507 g/mol. The topological polar surface area (TPSA) is 102 Å². The van der Waals surface area contributed by atoms with Gasteiger partial charge in [0.2, 0.25) is 5.91 Å². The minimum Gasteiger partial charge on any atom is -0.338 e. The van der Waals surface area contributed by atoms with Crippen LogP contribution in [0, 0.1) is 5.82 Å². The molecule has 0 aliphatic carbocycles. The Morgan fingerprint density at radius 2 is 1.76 bits per heavy atom. The Balaban J connectivity index is 1.24. The van der Waals surface area contributed by atoms with Crippen molar-refractivity contribution in [2.75, 3.05) is 52.4 Å². The molecule has 2 aromatic carbocycles. The van der Waals surface area contributed by atoms with Crippen molar-refractivity contribution in [3.8, 4) is 0 Å². The van der Waals surface area contributed by atoms with Crippen LogP contribution in [0.15, 0.2) is 47.3 Å². The zero-order chi connectivity index (χ0) is 25.9. The third-order valence-electron chi connectivity index (χ3n) is 7.14. The Hall–Kier alpha value is -3.63. The molecule has 2 aliphatic rings. The molecule has 2 amide bonds. The van der Waals surface area contributed by atoms with Crippen molar-refractivity contribution >= 4 is 22.6 Å². The number of hydrogen-bond donors (Lipinski definition) is 2. The number of halogens is 1. The van der Waals surface area contributed by atoms with E-state index in [1.807, 2.05) is 12.1 Å². The van der Waals surface area contributed by atoms with Gasteiger partial charge >= 0.3 is 0 Å².